The van der Waals surface area contributed by atoms with Crippen LogP contribution in [0.2, 0.25) is 0 Å². The molecule has 1 aromatic rings. The zero-order valence-corrected chi connectivity index (χ0v) is 16.0. The van der Waals surface area contributed by atoms with Crippen molar-refractivity contribution in [3.05, 3.63) is 22.4 Å². The van der Waals surface area contributed by atoms with E-state index in [0.29, 0.717) is 5.96 Å². The van der Waals surface area contributed by atoms with E-state index in [4.69, 9.17) is 0 Å². The van der Waals surface area contributed by atoms with Gasteiger partial charge in [-0.05, 0) is 17.9 Å². The molecule has 0 fully saturated rings. The number of carbonyl (C=O) groups is 1. The summed E-state index contributed by atoms with van der Waals surface area (Å²) in [4.78, 5) is 18.7. The lowest BCUT2D eigenvalue weighted by Gasteiger charge is -2.13. The van der Waals surface area contributed by atoms with E-state index in [0.717, 1.165) is 25.9 Å². The molecule has 0 radical (unpaired) electrons. The number of hydrogen-bond donors (Lipinski definition) is 2. The standard InChI is InChI=1S/C14H24N4OS.HI/c1-4-5-8-15-14(17-11-13(19)18(2)3)16-10-12-7-6-9-20-12;/h6-7,9H,4-5,8,10-11H2,1-3H3,(H2,15,16,17);1H. The van der Waals surface area contributed by atoms with Crippen LogP contribution in [0.25, 0.3) is 0 Å². The Balaban J connectivity index is 0.00000400. The number of nitrogens with one attached hydrogen (secondary N) is 2. The van der Waals surface area contributed by atoms with Crippen LogP contribution in [0.3, 0.4) is 0 Å². The second-order valence-electron chi connectivity index (χ2n) is 4.67. The number of aliphatic imine (C=N–C) groups is 1. The summed E-state index contributed by atoms with van der Waals surface area (Å²) in [5, 5.41) is 8.55. The second-order valence-corrected chi connectivity index (χ2v) is 5.70. The van der Waals surface area contributed by atoms with Crippen LogP contribution >= 0.6 is 35.3 Å². The minimum atomic E-state index is -0.00212. The van der Waals surface area contributed by atoms with Crippen LogP contribution in [0, 0.1) is 0 Å². The molecule has 1 rings (SSSR count). The molecule has 0 aliphatic rings. The third-order valence-electron chi connectivity index (χ3n) is 2.70. The summed E-state index contributed by atoms with van der Waals surface area (Å²) < 4.78 is 0. The van der Waals surface area contributed by atoms with Gasteiger partial charge in [-0.25, -0.2) is 4.99 Å². The number of amides is 1. The maximum atomic E-state index is 11.6. The average Bonchev–Trinajstić information content (AvgIpc) is 2.94. The highest BCUT2D eigenvalue weighted by molar-refractivity contribution is 14.0. The van der Waals surface area contributed by atoms with Gasteiger partial charge in [0.15, 0.2) is 5.96 Å². The molecule has 5 nitrogen and oxygen atoms in total. The average molecular weight is 424 g/mol. The number of nitrogens with zero attached hydrogens (tertiary/aromatic N) is 2. The Kier molecular flexibility index (Phi) is 11.3. The van der Waals surface area contributed by atoms with Gasteiger partial charge in [-0.1, -0.05) is 19.4 Å². The van der Waals surface area contributed by atoms with E-state index >= 15 is 0 Å². The number of rotatable bonds is 7. The molecular weight excluding hydrogens is 399 g/mol. The quantitative estimate of drug-likeness (QED) is 0.306. The van der Waals surface area contributed by atoms with E-state index in [9.17, 15) is 4.79 Å². The summed E-state index contributed by atoms with van der Waals surface area (Å²) in [5.41, 5.74) is 0. The van der Waals surface area contributed by atoms with Crippen LogP contribution in [0.4, 0.5) is 0 Å². The summed E-state index contributed by atoms with van der Waals surface area (Å²) in [6.07, 6.45) is 2.21. The normalized spacial score (nSPS) is 10.7. The van der Waals surface area contributed by atoms with Gasteiger partial charge >= 0.3 is 0 Å². The van der Waals surface area contributed by atoms with Crippen LogP contribution in [0.15, 0.2) is 22.5 Å². The minimum absolute atomic E-state index is 0. The van der Waals surface area contributed by atoms with Crippen molar-refractivity contribution >= 4 is 47.2 Å². The van der Waals surface area contributed by atoms with Crippen LogP contribution < -0.4 is 10.6 Å². The maximum Gasteiger partial charge on any atom is 0.243 e. The Morgan fingerprint density at radius 3 is 2.71 bits per heavy atom. The van der Waals surface area contributed by atoms with Crippen molar-refractivity contribution in [1.82, 2.24) is 15.5 Å². The largest absolute Gasteiger partial charge is 0.356 e. The first kappa shape index (κ1) is 20.2. The molecule has 0 spiro atoms. The summed E-state index contributed by atoms with van der Waals surface area (Å²) in [7, 11) is 3.47. The van der Waals surface area contributed by atoms with Gasteiger partial charge in [-0.3, -0.25) is 4.79 Å². The van der Waals surface area contributed by atoms with Crippen molar-refractivity contribution in [2.24, 2.45) is 4.99 Å². The minimum Gasteiger partial charge on any atom is -0.356 e. The monoisotopic (exact) mass is 424 g/mol. The second kappa shape index (κ2) is 11.8. The van der Waals surface area contributed by atoms with Crippen molar-refractivity contribution in [1.29, 1.82) is 0 Å². The van der Waals surface area contributed by atoms with Gasteiger partial charge in [0.2, 0.25) is 5.91 Å². The highest BCUT2D eigenvalue weighted by Crippen LogP contribution is 2.07. The smallest absolute Gasteiger partial charge is 0.243 e. The Morgan fingerprint density at radius 1 is 1.38 bits per heavy atom. The predicted octanol–water partition coefficient (Wildman–Crippen LogP) is 2.29. The molecular formula is C14H25IN4OS. The first-order valence-corrected chi connectivity index (χ1v) is 7.76. The molecule has 21 heavy (non-hydrogen) atoms. The first-order valence-electron chi connectivity index (χ1n) is 6.88. The molecule has 7 heteroatoms. The fourth-order valence-electron chi connectivity index (χ4n) is 1.43. The van der Waals surface area contributed by atoms with Gasteiger partial charge in [-0.15, -0.1) is 35.3 Å². The predicted molar refractivity (Wildman–Crippen MR) is 100 cm³/mol. The van der Waals surface area contributed by atoms with Gasteiger partial charge in [-0.2, -0.15) is 0 Å². The highest BCUT2D eigenvalue weighted by Gasteiger charge is 2.04. The topological polar surface area (TPSA) is 56.7 Å². The summed E-state index contributed by atoms with van der Waals surface area (Å²) >= 11 is 1.70. The van der Waals surface area contributed by atoms with E-state index < -0.39 is 0 Å². The number of unbranched alkanes of at least 4 members (excludes halogenated alkanes) is 1. The molecule has 0 saturated heterocycles. The molecule has 1 aromatic heterocycles. The zero-order chi connectivity index (χ0) is 14.8. The number of hydrogen-bond acceptors (Lipinski definition) is 3. The first-order chi connectivity index (χ1) is 9.63. The summed E-state index contributed by atoms with van der Waals surface area (Å²) in [6, 6.07) is 4.10. The maximum absolute atomic E-state index is 11.6. The van der Waals surface area contributed by atoms with E-state index in [1.807, 2.05) is 11.4 Å². The molecule has 120 valence electrons. The van der Waals surface area contributed by atoms with Gasteiger partial charge in [0.1, 0.15) is 6.54 Å². The van der Waals surface area contributed by atoms with E-state index in [1.54, 1.807) is 30.3 Å². The number of likely N-dealkylation sites (N-methyl/N-ethyl adjacent to an activating group) is 1. The van der Waals surface area contributed by atoms with Gasteiger partial charge in [0, 0.05) is 25.5 Å². The van der Waals surface area contributed by atoms with Crippen molar-refractivity contribution < 1.29 is 4.79 Å². The fraction of sp³-hybridized carbons (Fsp3) is 0.571. The number of halogens is 1. The Bertz CT molecular complexity index is 421. The third-order valence-corrected chi connectivity index (χ3v) is 3.58. The molecule has 0 aliphatic heterocycles. The SMILES string of the molecule is CCCCNC(=NCC(=O)N(C)C)NCc1cccs1.I. The Morgan fingerprint density at radius 2 is 2.14 bits per heavy atom. The van der Waals surface area contributed by atoms with Crippen molar-refractivity contribution in [2.45, 2.75) is 26.3 Å². The number of guanidine groups is 1. The summed E-state index contributed by atoms with van der Waals surface area (Å²) in [5.74, 6) is 0.694. The lowest BCUT2D eigenvalue weighted by Crippen LogP contribution is -2.38. The number of carbonyl (C=O) groups excluding carboxylic acids is 1. The molecule has 0 atom stereocenters. The molecule has 0 aromatic carbocycles. The van der Waals surface area contributed by atoms with Gasteiger partial charge in [0.25, 0.3) is 0 Å². The van der Waals surface area contributed by atoms with E-state index in [-0.39, 0.29) is 36.4 Å². The van der Waals surface area contributed by atoms with E-state index in [1.165, 1.54) is 4.88 Å². The molecule has 0 saturated carbocycles. The van der Waals surface area contributed by atoms with Crippen LogP contribution in [-0.2, 0) is 11.3 Å². The molecule has 2 N–H and O–H groups in total. The molecule has 1 heterocycles. The van der Waals surface area contributed by atoms with Gasteiger partial charge in [0.05, 0.1) is 6.54 Å². The van der Waals surface area contributed by atoms with Crippen LogP contribution in [0.5, 0.6) is 0 Å². The van der Waals surface area contributed by atoms with E-state index in [2.05, 4.69) is 28.6 Å². The molecule has 0 unspecified atom stereocenters. The fourth-order valence-corrected chi connectivity index (χ4v) is 2.07. The van der Waals surface area contributed by atoms with Crippen LogP contribution in [0.1, 0.15) is 24.6 Å². The van der Waals surface area contributed by atoms with Crippen molar-refractivity contribution in [3.63, 3.8) is 0 Å². The van der Waals surface area contributed by atoms with Gasteiger partial charge < -0.3 is 15.5 Å². The Hall–Kier alpha value is -0.830. The van der Waals surface area contributed by atoms with Crippen LogP contribution in [-0.4, -0.2) is 44.0 Å². The lowest BCUT2D eigenvalue weighted by molar-refractivity contribution is -0.127. The zero-order valence-electron chi connectivity index (χ0n) is 12.9. The molecule has 0 bridgehead atoms. The molecule has 0 aliphatic carbocycles. The van der Waals surface area contributed by atoms with Crippen molar-refractivity contribution in [2.75, 3.05) is 27.2 Å². The highest BCUT2D eigenvalue weighted by atomic mass is 127. The number of thiophene rings is 1. The summed E-state index contributed by atoms with van der Waals surface area (Å²) in [6.45, 7) is 3.90. The molecule has 1 amide bonds. The third kappa shape index (κ3) is 8.92. The lowest BCUT2D eigenvalue weighted by atomic mass is 10.3. The Labute approximate surface area is 148 Å². The van der Waals surface area contributed by atoms with Crippen molar-refractivity contribution in [3.8, 4) is 0 Å².